The first-order chi connectivity index (χ1) is 11.7. The van der Waals surface area contributed by atoms with Gasteiger partial charge in [-0.3, -0.25) is 9.80 Å². The van der Waals surface area contributed by atoms with Gasteiger partial charge in [0, 0.05) is 23.7 Å². The Morgan fingerprint density at radius 3 is 2.71 bits per heavy atom. The summed E-state index contributed by atoms with van der Waals surface area (Å²) in [6, 6.07) is 7.43. The predicted octanol–water partition coefficient (Wildman–Crippen LogP) is 2.54. The number of hydrogen-bond donors (Lipinski definition) is 0. The molecule has 0 spiro atoms. The quantitative estimate of drug-likeness (QED) is 0.765. The zero-order chi connectivity index (χ0) is 16.8. The van der Waals surface area contributed by atoms with Crippen molar-refractivity contribution in [3.05, 3.63) is 35.2 Å². The second-order valence-electron chi connectivity index (χ2n) is 6.06. The largest absolute Gasteiger partial charge is 0.379 e. The van der Waals surface area contributed by atoms with Crippen LogP contribution in [0.2, 0.25) is 5.02 Å². The molecule has 2 aromatic rings. The van der Waals surface area contributed by atoms with E-state index >= 15 is 0 Å². The minimum Gasteiger partial charge on any atom is -0.379 e. The fourth-order valence-electron chi connectivity index (χ4n) is 2.73. The van der Waals surface area contributed by atoms with Gasteiger partial charge >= 0.3 is 0 Å². The average Bonchev–Trinajstić information content (AvgIpc) is 3.05. The molecule has 0 radical (unpaired) electrons. The van der Waals surface area contributed by atoms with E-state index in [4.69, 9.17) is 20.9 Å². The van der Waals surface area contributed by atoms with Crippen LogP contribution in [-0.2, 0) is 11.3 Å². The molecular formula is C17H23ClN4O2. The molecule has 24 heavy (non-hydrogen) atoms. The van der Waals surface area contributed by atoms with Gasteiger partial charge in [-0.05, 0) is 50.8 Å². The third kappa shape index (κ3) is 5.01. The maximum absolute atomic E-state index is 5.90. The zero-order valence-electron chi connectivity index (χ0n) is 13.9. The Labute approximate surface area is 147 Å². The van der Waals surface area contributed by atoms with Crippen LogP contribution in [0.4, 0.5) is 0 Å². The van der Waals surface area contributed by atoms with Crippen molar-refractivity contribution in [2.24, 2.45) is 0 Å². The van der Waals surface area contributed by atoms with Gasteiger partial charge in [0.2, 0.25) is 11.7 Å². The van der Waals surface area contributed by atoms with E-state index in [1.54, 1.807) is 0 Å². The first kappa shape index (κ1) is 17.4. The summed E-state index contributed by atoms with van der Waals surface area (Å²) in [5, 5.41) is 4.74. The fourth-order valence-corrected chi connectivity index (χ4v) is 2.86. The molecule has 0 atom stereocenters. The van der Waals surface area contributed by atoms with Gasteiger partial charge < -0.3 is 9.26 Å². The van der Waals surface area contributed by atoms with Crippen LogP contribution in [0.25, 0.3) is 11.4 Å². The number of aromatic nitrogens is 2. The Morgan fingerprint density at radius 1 is 1.21 bits per heavy atom. The van der Waals surface area contributed by atoms with Crippen LogP contribution in [0, 0.1) is 0 Å². The highest BCUT2D eigenvalue weighted by atomic mass is 35.5. The smallest absolute Gasteiger partial charge is 0.241 e. The molecule has 1 aliphatic heterocycles. The van der Waals surface area contributed by atoms with Crippen molar-refractivity contribution >= 4 is 11.6 Å². The molecule has 1 saturated heterocycles. The first-order valence-corrected chi connectivity index (χ1v) is 8.66. The highest BCUT2D eigenvalue weighted by Crippen LogP contribution is 2.19. The highest BCUT2D eigenvalue weighted by Gasteiger charge is 2.12. The summed E-state index contributed by atoms with van der Waals surface area (Å²) in [7, 11) is 2.07. The molecule has 0 bridgehead atoms. The summed E-state index contributed by atoms with van der Waals surface area (Å²) < 4.78 is 10.7. The fraction of sp³-hybridized carbons (Fsp3) is 0.529. The number of halogens is 1. The van der Waals surface area contributed by atoms with Crippen LogP contribution in [0.5, 0.6) is 0 Å². The Bertz CT molecular complexity index is 626. The van der Waals surface area contributed by atoms with E-state index in [9.17, 15) is 0 Å². The van der Waals surface area contributed by atoms with E-state index < -0.39 is 0 Å². The van der Waals surface area contributed by atoms with Crippen molar-refractivity contribution in [1.29, 1.82) is 0 Å². The second kappa shape index (κ2) is 8.58. The Balaban J connectivity index is 1.44. The molecule has 3 rings (SSSR count). The number of rotatable bonds is 7. The van der Waals surface area contributed by atoms with Gasteiger partial charge in [0.05, 0.1) is 19.8 Å². The Morgan fingerprint density at radius 2 is 1.96 bits per heavy atom. The molecule has 1 aromatic carbocycles. The van der Waals surface area contributed by atoms with Gasteiger partial charge in [-0.15, -0.1) is 0 Å². The lowest BCUT2D eigenvalue weighted by molar-refractivity contribution is 0.0362. The minimum atomic E-state index is 0.600. The molecule has 0 unspecified atom stereocenters. The summed E-state index contributed by atoms with van der Waals surface area (Å²) in [4.78, 5) is 9.11. The summed E-state index contributed by atoms with van der Waals surface area (Å²) in [6.07, 6.45) is 1.12. The normalized spacial score (nSPS) is 16.0. The average molecular weight is 351 g/mol. The lowest BCUT2D eigenvalue weighted by atomic mass is 10.2. The van der Waals surface area contributed by atoms with Crippen LogP contribution in [0.1, 0.15) is 12.3 Å². The van der Waals surface area contributed by atoms with Gasteiger partial charge in [0.1, 0.15) is 0 Å². The number of nitrogens with zero attached hydrogens (tertiary/aromatic N) is 4. The van der Waals surface area contributed by atoms with Gasteiger partial charge in [0.25, 0.3) is 0 Å². The van der Waals surface area contributed by atoms with Gasteiger partial charge in [-0.1, -0.05) is 16.8 Å². The van der Waals surface area contributed by atoms with E-state index in [0.717, 1.165) is 51.4 Å². The molecule has 1 aliphatic rings. The van der Waals surface area contributed by atoms with E-state index in [1.807, 2.05) is 24.3 Å². The molecule has 1 aromatic heterocycles. The third-order valence-electron chi connectivity index (χ3n) is 4.09. The number of hydrogen-bond acceptors (Lipinski definition) is 6. The van der Waals surface area contributed by atoms with Crippen molar-refractivity contribution in [3.8, 4) is 11.4 Å². The molecule has 0 amide bonds. The van der Waals surface area contributed by atoms with Crippen molar-refractivity contribution in [1.82, 2.24) is 19.9 Å². The minimum absolute atomic E-state index is 0.600. The van der Waals surface area contributed by atoms with Gasteiger partial charge in [-0.2, -0.15) is 4.98 Å². The van der Waals surface area contributed by atoms with E-state index in [2.05, 4.69) is 27.0 Å². The Kier molecular flexibility index (Phi) is 6.20. The maximum Gasteiger partial charge on any atom is 0.241 e. The van der Waals surface area contributed by atoms with E-state index in [-0.39, 0.29) is 0 Å². The molecule has 0 saturated carbocycles. The van der Waals surface area contributed by atoms with Crippen molar-refractivity contribution in [2.75, 3.05) is 46.4 Å². The van der Waals surface area contributed by atoms with E-state index in [1.165, 1.54) is 0 Å². The van der Waals surface area contributed by atoms with Crippen LogP contribution in [-0.4, -0.2) is 66.4 Å². The molecular weight excluding hydrogens is 328 g/mol. The second-order valence-corrected chi connectivity index (χ2v) is 6.50. The van der Waals surface area contributed by atoms with Crippen LogP contribution in [0.3, 0.4) is 0 Å². The maximum atomic E-state index is 5.90. The molecule has 7 heteroatoms. The van der Waals surface area contributed by atoms with E-state index in [0.29, 0.717) is 23.3 Å². The molecule has 1 fully saturated rings. The predicted molar refractivity (Wildman–Crippen MR) is 93.0 cm³/mol. The SMILES string of the molecule is CN(CCCN1CCOCC1)Cc1nc(-c2ccc(Cl)cc2)no1. The highest BCUT2D eigenvalue weighted by molar-refractivity contribution is 6.30. The lowest BCUT2D eigenvalue weighted by Gasteiger charge is -2.27. The van der Waals surface area contributed by atoms with Crippen molar-refractivity contribution in [3.63, 3.8) is 0 Å². The first-order valence-electron chi connectivity index (χ1n) is 8.28. The number of benzene rings is 1. The monoisotopic (exact) mass is 350 g/mol. The topological polar surface area (TPSA) is 54.6 Å². The molecule has 0 aliphatic carbocycles. The lowest BCUT2D eigenvalue weighted by Crippen LogP contribution is -2.37. The van der Waals surface area contributed by atoms with Crippen molar-refractivity contribution < 1.29 is 9.26 Å². The van der Waals surface area contributed by atoms with Crippen molar-refractivity contribution in [2.45, 2.75) is 13.0 Å². The van der Waals surface area contributed by atoms with Gasteiger partial charge in [-0.25, -0.2) is 0 Å². The molecule has 130 valence electrons. The van der Waals surface area contributed by atoms with Crippen LogP contribution < -0.4 is 0 Å². The van der Waals surface area contributed by atoms with Gasteiger partial charge in [0.15, 0.2) is 0 Å². The number of morpholine rings is 1. The summed E-state index contributed by atoms with van der Waals surface area (Å²) >= 11 is 5.90. The summed E-state index contributed by atoms with van der Waals surface area (Å²) in [5.41, 5.74) is 0.907. The Hall–Kier alpha value is -1.47. The molecule has 6 nitrogen and oxygen atoms in total. The summed E-state index contributed by atoms with van der Waals surface area (Å²) in [5.74, 6) is 1.23. The van der Waals surface area contributed by atoms with Crippen LogP contribution >= 0.6 is 11.6 Å². The third-order valence-corrected chi connectivity index (χ3v) is 4.35. The standard InChI is InChI=1S/C17H23ClN4O2/c1-21(7-2-8-22-9-11-23-12-10-22)13-16-19-17(20-24-16)14-3-5-15(18)6-4-14/h3-6H,2,7-13H2,1H3. The van der Waals surface area contributed by atoms with Crippen LogP contribution in [0.15, 0.2) is 28.8 Å². The zero-order valence-corrected chi connectivity index (χ0v) is 14.7. The summed E-state index contributed by atoms with van der Waals surface area (Å²) in [6.45, 7) is 6.54. The molecule has 0 N–H and O–H groups in total. The number of ether oxygens (including phenoxy) is 1. The molecule has 2 heterocycles.